The summed E-state index contributed by atoms with van der Waals surface area (Å²) in [5.41, 5.74) is 1.25. The second kappa shape index (κ2) is 8.88. The van der Waals surface area contributed by atoms with Gasteiger partial charge in [0.15, 0.2) is 11.0 Å². The van der Waals surface area contributed by atoms with Crippen molar-refractivity contribution in [1.82, 2.24) is 24.6 Å². The van der Waals surface area contributed by atoms with Gasteiger partial charge in [0.2, 0.25) is 5.56 Å². The normalized spacial score (nSPS) is 22.5. The third-order valence-electron chi connectivity index (χ3n) is 7.01. The Labute approximate surface area is 199 Å². The van der Waals surface area contributed by atoms with Crippen LogP contribution in [0, 0.1) is 5.41 Å². The van der Waals surface area contributed by atoms with E-state index in [1.54, 1.807) is 36.2 Å². The van der Waals surface area contributed by atoms with Gasteiger partial charge in [0.1, 0.15) is 0 Å². The summed E-state index contributed by atoms with van der Waals surface area (Å²) in [6, 6.07) is 9.04. The number of thioether (sulfide) groups is 1. The fourth-order valence-electron chi connectivity index (χ4n) is 5.08. The maximum atomic E-state index is 12.8. The van der Waals surface area contributed by atoms with Crippen LogP contribution in [0.2, 0.25) is 0 Å². The van der Waals surface area contributed by atoms with E-state index in [-0.39, 0.29) is 11.0 Å². The van der Waals surface area contributed by atoms with Crippen LogP contribution < -0.4 is 5.56 Å². The van der Waals surface area contributed by atoms with Crippen molar-refractivity contribution in [1.29, 1.82) is 0 Å². The van der Waals surface area contributed by atoms with Gasteiger partial charge in [-0.3, -0.25) is 4.79 Å². The van der Waals surface area contributed by atoms with Gasteiger partial charge in [-0.2, -0.15) is 13.2 Å². The fourth-order valence-corrected chi connectivity index (χ4v) is 5.91. The number of nitrogens with one attached hydrogen (secondary N) is 1. The Morgan fingerprint density at radius 1 is 1.21 bits per heavy atom. The Balaban J connectivity index is 1.09. The molecule has 1 N–H and O–H groups in total. The zero-order chi connectivity index (χ0) is 23.9. The van der Waals surface area contributed by atoms with E-state index in [4.69, 9.17) is 0 Å². The lowest BCUT2D eigenvalue weighted by molar-refractivity contribution is -0.137. The SMILES string of the molecule is Cn1c(SCCCN2CC[C@]3(C[C@@H]3c3ccc(C(F)(F)F)cc3)C2)nnc1-c1cc[nH]c(=O)c1. The number of likely N-dealkylation sites (tertiary alicyclic amines) is 1. The molecule has 5 rings (SSSR count). The Morgan fingerprint density at radius 2 is 2.00 bits per heavy atom. The van der Waals surface area contributed by atoms with Gasteiger partial charge in [0, 0.05) is 37.2 Å². The Bertz CT molecular complexity index is 1220. The minimum atomic E-state index is -4.28. The van der Waals surface area contributed by atoms with Crippen LogP contribution in [-0.4, -0.2) is 50.0 Å². The molecule has 0 unspecified atom stereocenters. The first-order valence-electron chi connectivity index (χ1n) is 11.4. The molecule has 10 heteroatoms. The number of alkyl halides is 3. The first-order chi connectivity index (χ1) is 16.2. The van der Waals surface area contributed by atoms with Crippen LogP contribution in [0.4, 0.5) is 13.2 Å². The van der Waals surface area contributed by atoms with E-state index in [2.05, 4.69) is 20.1 Å². The molecule has 3 aromatic rings. The average Bonchev–Trinajstić information content (AvgIpc) is 3.14. The smallest absolute Gasteiger partial charge is 0.329 e. The summed E-state index contributed by atoms with van der Waals surface area (Å²) in [6.07, 6.45) is 0.500. The molecule has 180 valence electrons. The van der Waals surface area contributed by atoms with Gasteiger partial charge in [-0.05, 0) is 67.4 Å². The van der Waals surface area contributed by atoms with Crippen LogP contribution in [0.15, 0.2) is 52.5 Å². The third-order valence-corrected chi connectivity index (χ3v) is 8.12. The van der Waals surface area contributed by atoms with Gasteiger partial charge in [0.25, 0.3) is 0 Å². The molecular weight excluding hydrogens is 463 g/mol. The highest BCUT2D eigenvalue weighted by molar-refractivity contribution is 7.99. The summed E-state index contributed by atoms with van der Waals surface area (Å²) in [4.78, 5) is 16.6. The summed E-state index contributed by atoms with van der Waals surface area (Å²) in [6.45, 7) is 3.05. The number of rotatable bonds is 7. The van der Waals surface area contributed by atoms with E-state index in [1.807, 2.05) is 11.6 Å². The summed E-state index contributed by atoms with van der Waals surface area (Å²) < 4.78 is 40.4. The maximum Gasteiger partial charge on any atom is 0.416 e. The number of pyridine rings is 1. The lowest BCUT2D eigenvalue weighted by Crippen LogP contribution is -2.23. The largest absolute Gasteiger partial charge is 0.416 e. The molecule has 1 aliphatic carbocycles. The molecule has 2 aliphatic rings. The van der Waals surface area contributed by atoms with Gasteiger partial charge in [-0.1, -0.05) is 23.9 Å². The Kier molecular flexibility index (Phi) is 6.05. The Hall–Kier alpha value is -2.59. The molecule has 1 saturated heterocycles. The lowest BCUT2D eigenvalue weighted by Gasteiger charge is -2.16. The van der Waals surface area contributed by atoms with Crippen molar-refractivity contribution < 1.29 is 13.2 Å². The molecule has 1 aromatic carbocycles. The number of hydrogen-bond acceptors (Lipinski definition) is 5. The van der Waals surface area contributed by atoms with Crippen molar-refractivity contribution in [3.8, 4) is 11.4 Å². The highest BCUT2D eigenvalue weighted by Gasteiger charge is 2.57. The number of nitrogens with zero attached hydrogens (tertiary/aromatic N) is 4. The molecule has 1 saturated carbocycles. The van der Waals surface area contributed by atoms with Crippen molar-refractivity contribution in [2.75, 3.05) is 25.4 Å². The molecule has 0 amide bonds. The van der Waals surface area contributed by atoms with Crippen LogP contribution in [0.1, 0.15) is 36.3 Å². The van der Waals surface area contributed by atoms with Crippen molar-refractivity contribution >= 4 is 11.8 Å². The van der Waals surface area contributed by atoms with Crippen molar-refractivity contribution in [3.63, 3.8) is 0 Å². The molecule has 1 spiro atoms. The van der Waals surface area contributed by atoms with E-state index in [0.717, 1.165) is 60.9 Å². The molecule has 0 bridgehead atoms. The number of aromatic amines is 1. The summed E-state index contributed by atoms with van der Waals surface area (Å²) in [5, 5.41) is 9.32. The average molecular weight is 490 g/mol. The van der Waals surface area contributed by atoms with E-state index in [9.17, 15) is 18.0 Å². The zero-order valence-corrected chi connectivity index (χ0v) is 19.6. The molecule has 2 fully saturated rings. The highest BCUT2D eigenvalue weighted by atomic mass is 32.2. The molecule has 34 heavy (non-hydrogen) atoms. The first kappa shape index (κ1) is 23.2. The standard InChI is InChI=1S/C24H26F3N5OS/c1-31-21(17-7-9-28-20(33)13-17)29-30-22(31)34-12-2-10-32-11-8-23(15-32)14-19(23)16-3-5-18(6-4-16)24(25,26)27/h3-7,9,13,19H,2,8,10-12,14-15H2,1H3,(H,28,33)/t19-,23+/m1/s1. The van der Waals surface area contributed by atoms with E-state index in [1.165, 1.54) is 18.2 Å². The highest BCUT2D eigenvalue weighted by Crippen LogP contribution is 2.64. The van der Waals surface area contributed by atoms with Crippen LogP contribution in [0.3, 0.4) is 0 Å². The van der Waals surface area contributed by atoms with Gasteiger partial charge in [-0.25, -0.2) is 0 Å². The molecule has 3 heterocycles. The van der Waals surface area contributed by atoms with Crippen LogP contribution >= 0.6 is 11.8 Å². The van der Waals surface area contributed by atoms with E-state index >= 15 is 0 Å². The molecule has 2 atom stereocenters. The van der Waals surface area contributed by atoms with Gasteiger partial charge >= 0.3 is 6.18 Å². The Morgan fingerprint density at radius 3 is 2.74 bits per heavy atom. The van der Waals surface area contributed by atoms with Gasteiger partial charge in [-0.15, -0.1) is 10.2 Å². The minimum Gasteiger partial charge on any atom is -0.329 e. The monoisotopic (exact) mass is 489 g/mol. The molecule has 6 nitrogen and oxygen atoms in total. The molecule has 0 radical (unpaired) electrons. The van der Waals surface area contributed by atoms with Crippen LogP contribution in [0.25, 0.3) is 11.4 Å². The number of benzene rings is 1. The fraction of sp³-hybridized carbons (Fsp3) is 0.458. The van der Waals surface area contributed by atoms with Crippen LogP contribution in [0.5, 0.6) is 0 Å². The summed E-state index contributed by atoms with van der Waals surface area (Å²) in [7, 11) is 1.90. The van der Waals surface area contributed by atoms with Crippen molar-refractivity contribution in [2.24, 2.45) is 12.5 Å². The van der Waals surface area contributed by atoms with Gasteiger partial charge < -0.3 is 14.5 Å². The number of H-pyrrole nitrogens is 1. The number of halogens is 3. The van der Waals surface area contributed by atoms with E-state index in [0.29, 0.717) is 11.7 Å². The number of hydrogen-bond donors (Lipinski definition) is 1. The first-order valence-corrected chi connectivity index (χ1v) is 12.3. The maximum absolute atomic E-state index is 12.8. The van der Waals surface area contributed by atoms with Crippen molar-refractivity contribution in [3.05, 3.63) is 64.1 Å². The van der Waals surface area contributed by atoms with Crippen LogP contribution in [-0.2, 0) is 13.2 Å². The van der Waals surface area contributed by atoms with Crippen molar-refractivity contribution in [2.45, 2.75) is 36.5 Å². The summed E-state index contributed by atoms with van der Waals surface area (Å²) in [5.74, 6) is 1.95. The predicted molar refractivity (Wildman–Crippen MR) is 125 cm³/mol. The minimum absolute atomic E-state index is 0.172. The molecule has 1 aliphatic heterocycles. The lowest BCUT2D eigenvalue weighted by atomic mass is 9.97. The van der Waals surface area contributed by atoms with E-state index < -0.39 is 11.7 Å². The molecule has 2 aromatic heterocycles. The zero-order valence-electron chi connectivity index (χ0n) is 18.8. The predicted octanol–water partition coefficient (Wildman–Crippen LogP) is 4.55. The van der Waals surface area contributed by atoms with Gasteiger partial charge in [0.05, 0.1) is 5.56 Å². The quantitative estimate of drug-likeness (QED) is 0.390. The third kappa shape index (κ3) is 4.65. The number of aromatic nitrogens is 4. The summed E-state index contributed by atoms with van der Waals surface area (Å²) >= 11 is 1.65. The second-order valence-corrected chi connectivity index (χ2v) is 10.3. The molecular formula is C24H26F3N5OS. The second-order valence-electron chi connectivity index (χ2n) is 9.27. The topological polar surface area (TPSA) is 66.8 Å².